The van der Waals surface area contributed by atoms with Crippen LogP contribution >= 0.6 is 11.3 Å². The second kappa shape index (κ2) is 5.79. The standard InChI is InChI=1S/C11H13N3O4S/c1-6(10-12-2-3-19-10)5-13-9(15)8-4-7(11(16)17)14-18-8/h2-3,6,8H,4-5H2,1H3,(H,13,15)(H,16,17). The topological polar surface area (TPSA) is 101 Å². The van der Waals surface area contributed by atoms with Crippen LogP contribution in [0.4, 0.5) is 0 Å². The van der Waals surface area contributed by atoms with E-state index in [-0.39, 0.29) is 24.0 Å². The number of aliphatic carboxylic acids is 1. The lowest BCUT2D eigenvalue weighted by Crippen LogP contribution is -2.37. The predicted molar refractivity (Wildman–Crippen MR) is 68.1 cm³/mol. The number of oxime groups is 1. The number of nitrogens with zero attached hydrogens (tertiary/aromatic N) is 2. The lowest BCUT2D eigenvalue weighted by molar-refractivity contribution is -0.131. The molecule has 0 bridgehead atoms. The highest BCUT2D eigenvalue weighted by Crippen LogP contribution is 2.17. The smallest absolute Gasteiger partial charge is 0.353 e. The summed E-state index contributed by atoms with van der Waals surface area (Å²) in [6.07, 6.45) is 0.854. The monoisotopic (exact) mass is 283 g/mol. The molecule has 0 radical (unpaired) electrons. The molecule has 19 heavy (non-hydrogen) atoms. The Balaban J connectivity index is 1.79. The number of carbonyl (C=O) groups is 2. The molecule has 0 fully saturated rings. The molecule has 7 nitrogen and oxygen atoms in total. The van der Waals surface area contributed by atoms with Crippen molar-refractivity contribution in [3.63, 3.8) is 0 Å². The molecule has 102 valence electrons. The van der Waals surface area contributed by atoms with Crippen LogP contribution in [0, 0.1) is 0 Å². The number of carboxylic acid groups (broad SMARTS) is 1. The van der Waals surface area contributed by atoms with E-state index in [1.165, 1.54) is 11.3 Å². The molecule has 0 aliphatic carbocycles. The van der Waals surface area contributed by atoms with Gasteiger partial charge in [-0.25, -0.2) is 9.78 Å². The van der Waals surface area contributed by atoms with Crippen molar-refractivity contribution >= 4 is 28.9 Å². The minimum absolute atomic E-state index is 0.00714. The van der Waals surface area contributed by atoms with Gasteiger partial charge in [-0.2, -0.15) is 0 Å². The Labute approximate surface area is 113 Å². The van der Waals surface area contributed by atoms with Gasteiger partial charge >= 0.3 is 5.97 Å². The third kappa shape index (κ3) is 3.28. The van der Waals surface area contributed by atoms with Gasteiger partial charge < -0.3 is 15.3 Å². The second-order valence-corrected chi connectivity index (χ2v) is 5.08. The fourth-order valence-corrected chi connectivity index (χ4v) is 2.28. The van der Waals surface area contributed by atoms with E-state index in [1.54, 1.807) is 6.20 Å². The maximum absolute atomic E-state index is 11.8. The number of thiazole rings is 1. The number of carboxylic acids is 1. The summed E-state index contributed by atoms with van der Waals surface area (Å²) in [6.45, 7) is 2.38. The van der Waals surface area contributed by atoms with E-state index >= 15 is 0 Å². The van der Waals surface area contributed by atoms with Crippen molar-refractivity contribution < 1.29 is 19.5 Å². The van der Waals surface area contributed by atoms with Crippen LogP contribution in [0.1, 0.15) is 24.3 Å². The van der Waals surface area contributed by atoms with Gasteiger partial charge in [0, 0.05) is 30.5 Å². The van der Waals surface area contributed by atoms with Crippen molar-refractivity contribution in [3.8, 4) is 0 Å². The zero-order valence-corrected chi connectivity index (χ0v) is 11.0. The summed E-state index contributed by atoms with van der Waals surface area (Å²) < 4.78 is 0. The largest absolute Gasteiger partial charge is 0.477 e. The number of hydrogen-bond donors (Lipinski definition) is 2. The highest BCUT2D eigenvalue weighted by Gasteiger charge is 2.31. The van der Waals surface area contributed by atoms with Gasteiger partial charge in [0.15, 0.2) is 5.71 Å². The Morgan fingerprint density at radius 1 is 1.68 bits per heavy atom. The van der Waals surface area contributed by atoms with E-state index in [0.717, 1.165) is 5.01 Å². The van der Waals surface area contributed by atoms with Crippen molar-refractivity contribution in [2.24, 2.45) is 5.16 Å². The highest BCUT2D eigenvalue weighted by molar-refractivity contribution is 7.09. The van der Waals surface area contributed by atoms with Crippen LogP contribution in [0.15, 0.2) is 16.7 Å². The van der Waals surface area contributed by atoms with Crippen LogP contribution in [-0.2, 0) is 14.4 Å². The van der Waals surface area contributed by atoms with Crippen molar-refractivity contribution in [3.05, 3.63) is 16.6 Å². The lowest BCUT2D eigenvalue weighted by atomic mass is 10.1. The third-order valence-corrected chi connectivity index (χ3v) is 3.67. The van der Waals surface area contributed by atoms with Crippen LogP contribution in [0.25, 0.3) is 0 Å². The minimum Gasteiger partial charge on any atom is -0.477 e. The first-order valence-corrected chi connectivity index (χ1v) is 6.59. The molecule has 0 saturated carbocycles. The molecule has 1 aliphatic rings. The molecule has 1 aliphatic heterocycles. The number of hydrogen-bond acceptors (Lipinski definition) is 6. The summed E-state index contributed by atoms with van der Waals surface area (Å²) in [5.74, 6) is -1.42. The first kappa shape index (κ1) is 13.5. The molecule has 2 atom stereocenters. The van der Waals surface area contributed by atoms with Crippen LogP contribution in [0.3, 0.4) is 0 Å². The van der Waals surface area contributed by atoms with Crippen LogP contribution in [0.5, 0.6) is 0 Å². The van der Waals surface area contributed by atoms with E-state index < -0.39 is 12.1 Å². The second-order valence-electron chi connectivity index (χ2n) is 4.16. The summed E-state index contributed by atoms with van der Waals surface area (Å²) in [7, 11) is 0. The van der Waals surface area contributed by atoms with Gasteiger partial charge in [-0.3, -0.25) is 4.79 Å². The summed E-state index contributed by atoms with van der Waals surface area (Å²) in [5, 5.41) is 17.6. The third-order valence-electron chi connectivity index (χ3n) is 2.66. The van der Waals surface area contributed by atoms with E-state index in [9.17, 15) is 9.59 Å². The number of carbonyl (C=O) groups excluding carboxylic acids is 1. The molecule has 0 spiro atoms. The molecule has 1 aromatic rings. The lowest BCUT2D eigenvalue weighted by Gasteiger charge is -2.12. The Hall–Kier alpha value is -1.96. The first-order valence-electron chi connectivity index (χ1n) is 5.71. The average Bonchev–Trinajstić information content (AvgIpc) is 3.05. The summed E-state index contributed by atoms with van der Waals surface area (Å²) in [4.78, 5) is 31.4. The van der Waals surface area contributed by atoms with Gasteiger partial charge in [-0.05, 0) is 0 Å². The molecule has 2 heterocycles. The molecular formula is C11H13N3O4S. The zero-order chi connectivity index (χ0) is 13.8. The van der Waals surface area contributed by atoms with E-state index in [0.29, 0.717) is 6.54 Å². The average molecular weight is 283 g/mol. The van der Waals surface area contributed by atoms with Crippen LogP contribution < -0.4 is 5.32 Å². The van der Waals surface area contributed by atoms with Crippen molar-refractivity contribution in [1.82, 2.24) is 10.3 Å². The predicted octanol–water partition coefficient (Wildman–Crippen LogP) is 0.592. The molecule has 8 heteroatoms. The SMILES string of the molecule is CC(CNC(=O)C1CC(C(=O)O)=NO1)c1nccs1. The molecule has 0 saturated heterocycles. The van der Waals surface area contributed by atoms with E-state index in [2.05, 4.69) is 15.5 Å². The fraction of sp³-hybridized carbons (Fsp3) is 0.455. The Morgan fingerprint density at radius 2 is 2.47 bits per heavy atom. The van der Waals surface area contributed by atoms with Crippen molar-refractivity contribution in [1.29, 1.82) is 0 Å². The van der Waals surface area contributed by atoms with Crippen molar-refractivity contribution in [2.45, 2.75) is 25.4 Å². The normalized spacial score (nSPS) is 19.4. The fourth-order valence-electron chi connectivity index (χ4n) is 1.58. The van der Waals surface area contributed by atoms with Gasteiger partial charge in [0.2, 0.25) is 6.10 Å². The van der Waals surface area contributed by atoms with Gasteiger partial charge in [0.1, 0.15) is 0 Å². The molecule has 2 unspecified atom stereocenters. The summed E-state index contributed by atoms with van der Waals surface area (Å²) in [6, 6.07) is 0. The summed E-state index contributed by atoms with van der Waals surface area (Å²) >= 11 is 1.53. The van der Waals surface area contributed by atoms with Gasteiger partial charge in [0.05, 0.1) is 5.01 Å². The first-order chi connectivity index (χ1) is 9.08. The summed E-state index contributed by atoms with van der Waals surface area (Å²) in [5.41, 5.74) is -0.131. The van der Waals surface area contributed by atoms with Crippen LogP contribution in [0.2, 0.25) is 0 Å². The highest BCUT2D eigenvalue weighted by atomic mass is 32.1. The molecule has 2 N–H and O–H groups in total. The van der Waals surface area contributed by atoms with Crippen molar-refractivity contribution in [2.75, 3.05) is 6.54 Å². The van der Waals surface area contributed by atoms with Gasteiger partial charge in [-0.15, -0.1) is 11.3 Å². The van der Waals surface area contributed by atoms with Gasteiger partial charge in [-0.1, -0.05) is 12.1 Å². The zero-order valence-electron chi connectivity index (χ0n) is 10.2. The molecule has 2 rings (SSSR count). The van der Waals surface area contributed by atoms with E-state index in [1.807, 2.05) is 12.3 Å². The maximum atomic E-state index is 11.8. The number of amides is 1. The number of nitrogens with one attached hydrogen (secondary N) is 1. The number of rotatable bonds is 5. The van der Waals surface area contributed by atoms with E-state index in [4.69, 9.17) is 9.94 Å². The Bertz CT molecular complexity index is 500. The molecule has 1 amide bonds. The number of aromatic nitrogens is 1. The molecule has 0 aromatic carbocycles. The Kier molecular flexibility index (Phi) is 4.10. The minimum atomic E-state index is -1.16. The maximum Gasteiger partial charge on any atom is 0.353 e. The Morgan fingerprint density at radius 3 is 3.05 bits per heavy atom. The quantitative estimate of drug-likeness (QED) is 0.823. The van der Waals surface area contributed by atoms with Crippen LogP contribution in [-0.4, -0.2) is 40.3 Å². The molecular weight excluding hydrogens is 270 g/mol. The van der Waals surface area contributed by atoms with Gasteiger partial charge in [0.25, 0.3) is 5.91 Å². The molecule has 1 aromatic heterocycles.